The maximum absolute atomic E-state index is 11.3. The predicted octanol–water partition coefficient (Wildman–Crippen LogP) is 5.53. The van der Waals surface area contributed by atoms with Crippen molar-refractivity contribution in [2.75, 3.05) is 0 Å². The Morgan fingerprint density at radius 2 is 1.92 bits per heavy atom. The first-order valence-electron chi connectivity index (χ1n) is 8.54. The van der Waals surface area contributed by atoms with Gasteiger partial charge in [-0.05, 0) is 43.4 Å². The summed E-state index contributed by atoms with van der Waals surface area (Å²) in [6, 6.07) is 15.9. The van der Waals surface area contributed by atoms with Crippen LogP contribution in [0.4, 0.5) is 4.79 Å². The van der Waals surface area contributed by atoms with Crippen LogP contribution in [0.2, 0.25) is 0 Å². The van der Waals surface area contributed by atoms with Crippen molar-refractivity contribution in [3.8, 4) is 17.0 Å². The van der Waals surface area contributed by atoms with Crippen molar-refractivity contribution in [1.82, 2.24) is 4.98 Å². The summed E-state index contributed by atoms with van der Waals surface area (Å²) in [7, 11) is 0. The van der Waals surface area contributed by atoms with E-state index in [0.29, 0.717) is 11.7 Å². The Labute approximate surface area is 146 Å². The van der Waals surface area contributed by atoms with E-state index in [9.17, 15) is 9.90 Å². The molecule has 0 saturated heterocycles. The van der Waals surface area contributed by atoms with E-state index < -0.39 is 6.16 Å². The first kappa shape index (κ1) is 15.6. The molecule has 1 heterocycles. The van der Waals surface area contributed by atoms with Crippen molar-refractivity contribution in [2.24, 2.45) is 0 Å². The Morgan fingerprint density at radius 3 is 2.56 bits per heavy atom. The molecule has 4 rings (SSSR count). The number of aromatic nitrogens is 1. The molecular formula is C21H19NO3. The van der Waals surface area contributed by atoms with Crippen LogP contribution in [-0.4, -0.2) is 16.2 Å². The van der Waals surface area contributed by atoms with Gasteiger partial charge in [0.1, 0.15) is 5.75 Å². The summed E-state index contributed by atoms with van der Waals surface area (Å²) in [5, 5.41) is 9.97. The van der Waals surface area contributed by atoms with Crippen LogP contribution in [0.1, 0.15) is 36.3 Å². The monoisotopic (exact) mass is 333 g/mol. The molecule has 1 N–H and O–H groups in total. The summed E-state index contributed by atoms with van der Waals surface area (Å²) in [5.41, 5.74) is 4.43. The number of benzene rings is 2. The van der Waals surface area contributed by atoms with Gasteiger partial charge in [0.15, 0.2) is 0 Å². The number of ether oxygens (including phenoxy) is 1. The Kier molecular flexibility index (Phi) is 3.88. The van der Waals surface area contributed by atoms with Gasteiger partial charge >= 0.3 is 6.16 Å². The van der Waals surface area contributed by atoms with Gasteiger partial charge in [0, 0.05) is 16.5 Å². The minimum absolute atomic E-state index is 0.387. The van der Waals surface area contributed by atoms with Crippen LogP contribution in [0.15, 0.2) is 48.5 Å². The molecule has 4 heteroatoms. The zero-order valence-electron chi connectivity index (χ0n) is 14.0. The third-order valence-corrected chi connectivity index (χ3v) is 5.01. The molecule has 0 bridgehead atoms. The van der Waals surface area contributed by atoms with E-state index in [1.165, 1.54) is 24.8 Å². The van der Waals surface area contributed by atoms with E-state index in [0.717, 1.165) is 27.7 Å². The third kappa shape index (κ3) is 2.84. The van der Waals surface area contributed by atoms with E-state index in [1.54, 1.807) is 0 Å². The standard InChI is InChI=1S/C21H19NO3/c1-13-19(15-6-3-2-4-7-15)22-18-11-10-16(14-8-5-9-14)12-17(18)20(13)25-21(23)24/h2-4,6-7,10-12,14H,5,8-9H2,1H3,(H,23,24). The largest absolute Gasteiger partial charge is 0.511 e. The number of carboxylic acid groups (broad SMARTS) is 1. The summed E-state index contributed by atoms with van der Waals surface area (Å²) in [4.78, 5) is 16.0. The van der Waals surface area contributed by atoms with Gasteiger partial charge in [-0.3, -0.25) is 0 Å². The fourth-order valence-electron chi connectivity index (χ4n) is 3.44. The molecule has 3 aromatic rings. The number of hydrogen-bond acceptors (Lipinski definition) is 3. The SMILES string of the molecule is Cc1c(-c2ccccc2)nc2ccc(C3CCC3)cc2c1OC(=O)O. The number of fused-ring (bicyclic) bond motifs is 1. The highest BCUT2D eigenvalue weighted by molar-refractivity contribution is 5.92. The fraction of sp³-hybridized carbons (Fsp3) is 0.238. The second kappa shape index (κ2) is 6.20. The lowest BCUT2D eigenvalue weighted by atomic mass is 9.79. The highest BCUT2D eigenvalue weighted by Gasteiger charge is 2.22. The molecule has 4 nitrogen and oxygen atoms in total. The molecule has 25 heavy (non-hydrogen) atoms. The van der Waals surface area contributed by atoms with Gasteiger partial charge in [-0.1, -0.05) is 42.8 Å². The van der Waals surface area contributed by atoms with Gasteiger partial charge in [0.2, 0.25) is 0 Å². The molecule has 1 fully saturated rings. The smallest absolute Gasteiger partial charge is 0.449 e. The molecule has 0 aliphatic heterocycles. The average molecular weight is 333 g/mol. The van der Waals surface area contributed by atoms with Crippen molar-refractivity contribution in [3.05, 3.63) is 59.7 Å². The lowest BCUT2D eigenvalue weighted by molar-refractivity contribution is 0.144. The highest BCUT2D eigenvalue weighted by Crippen LogP contribution is 2.40. The molecule has 2 aromatic carbocycles. The fourth-order valence-corrected chi connectivity index (χ4v) is 3.44. The van der Waals surface area contributed by atoms with E-state index in [-0.39, 0.29) is 0 Å². The second-order valence-corrected chi connectivity index (χ2v) is 6.55. The number of nitrogens with zero attached hydrogens (tertiary/aromatic N) is 1. The van der Waals surface area contributed by atoms with Gasteiger partial charge in [-0.25, -0.2) is 9.78 Å². The molecule has 0 amide bonds. The van der Waals surface area contributed by atoms with Crippen LogP contribution in [0.5, 0.6) is 5.75 Å². The van der Waals surface area contributed by atoms with Gasteiger partial charge in [-0.2, -0.15) is 0 Å². The molecule has 1 aliphatic rings. The van der Waals surface area contributed by atoms with Crippen molar-refractivity contribution >= 4 is 17.1 Å². The van der Waals surface area contributed by atoms with Gasteiger partial charge in [-0.15, -0.1) is 0 Å². The van der Waals surface area contributed by atoms with Crippen LogP contribution >= 0.6 is 0 Å². The van der Waals surface area contributed by atoms with Crippen molar-refractivity contribution in [3.63, 3.8) is 0 Å². The lowest BCUT2D eigenvalue weighted by Gasteiger charge is -2.26. The molecule has 1 saturated carbocycles. The zero-order chi connectivity index (χ0) is 17.4. The van der Waals surface area contributed by atoms with Crippen molar-refractivity contribution in [1.29, 1.82) is 0 Å². The van der Waals surface area contributed by atoms with Crippen LogP contribution in [-0.2, 0) is 0 Å². The summed E-state index contributed by atoms with van der Waals surface area (Å²) in [5.74, 6) is 0.953. The summed E-state index contributed by atoms with van der Waals surface area (Å²) in [6.07, 6.45) is 2.33. The van der Waals surface area contributed by atoms with Gasteiger partial charge in [0.25, 0.3) is 0 Å². The normalized spacial score (nSPS) is 14.3. The molecule has 1 aromatic heterocycles. The molecule has 0 spiro atoms. The average Bonchev–Trinajstić information content (AvgIpc) is 2.56. The first-order valence-corrected chi connectivity index (χ1v) is 8.54. The maximum Gasteiger partial charge on any atom is 0.511 e. The summed E-state index contributed by atoms with van der Waals surface area (Å²) < 4.78 is 5.18. The molecule has 0 radical (unpaired) electrons. The van der Waals surface area contributed by atoms with Gasteiger partial charge in [0.05, 0.1) is 11.2 Å². The quantitative estimate of drug-likeness (QED) is 0.640. The minimum atomic E-state index is -1.30. The van der Waals surface area contributed by atoms with Crippen LogP contribution in [0.25, 0.3) is 22.2 Å². The number of hydrogen-bond donors (Lipinski definition) is 1. The molecule has 0 atom stereocenters. The molecule has 126 valence electrons. The summed E-state index contributed by atoms with van der Waals surface area (Å²) in [6.45, 7) is 1.86. The Balaban J connectivity index is 1.94. The number of rotatable bonds is 3. The summed E-state index contributed by atoms with van der Waals surface area (Å²) >= 11 is 0. The Hall–Kier alpha value is -2.88. The molecular weight excluding hydrogens is 314 g/mol. The third-order valence-electron chi connectivity index (χ3n) is 5.01. The van der Waals surface area contributed by atoms with Crippen molar-refractivity contribution in [2.45, 2.75) is 32.1 Å². The molecule has 0 unspecified atom stereocenters. The van der Waals surface area contributed by atoms with E-state index in [4.69, 9.17) is 9.72 Å². The zero-order valence-corrected chi connectivity index (χ0v) is 14.0. The van der Waals surface area contributed by atoms with Gasteiger partial charge < -0.3 is 9.84 Å². The van der Waals surface area contributed by atoms with E-state index in [1.807, 2.05) is 49.4 Å². The van der Waals surface area contributed by atoms with Crippen molar-refractivity contribution < 1.29 is 14.6 Å². The highest BCUT2D eigenvalue weighted by atomic mass is 16.7. The predicted molar refractivity (Wildman–Crippen MR) is 97.2 cm³/mol. The molecule has 1 aliphatic carbocycles. The minimum Gasteiger partial charge on any atom is -0.449 e. The van der Waals surface area contributed by atoms with Crippen LogP contribution in [0.3, 0.4) is 0 Å². The van der Waals surface area contributed by atoms with E-state index >= 15 is 0 Å². The lowest BCUT2D eigenvalue weighted by Crippen LogP contribution is -2.10. The van der Waals surface area contributed by atoms with Crippen LogP contribution in [0, 0.1) is 6.92 Å². The van der Waals surface area contributed by atoms with E-state index in [2.05, 4.69) is 6.07 Å². The Bertz CT molecular complexity index is 946. The number of carbonyl (C=O) groups is 1. The number of pyridine rings is 1. The first-order chi connectivity index (χ1) is 12.1. The topological polar surface area (TPSA) is 59.4 Å². The second-order valence-electron chi connectivity index (χ2n) is 6.55. The van der Waals surface area contributed by atoms with Crippen LogP contribution < -0.4 is 4.74 Å². The Morgan fingerprint density at radius 1 is 1.16 bits per heavy atom. The maximum atomic E-state index is 11.3.